The zero-order chi connectivity index (χ0) is 18.9. The van der Waals surface area contributed by atoms with Gasteiger partial charge >= 0.3 is 0 Å². The van der Waals surface area contributed by atoms with Gasteiger partial charge < -0.3 is 10.2 Å². The van der Waals surface area contributed by atoms with Crippen molar-refractivity contribution in [1.29, 1.82) is 0 Å². The van der Waals surface area contributed by atoms with Gasteiger partial charge in [0.05, 0.1) is 5.56 Å². The standard InChI is InChI=1S/C22H29N3O/c1-21(2,3)15-22(4,5)24-20(26)17-10-11-19(23-14-17)25-13-12-16-8-6-7-9-18(16)25/h6-11,14H,12-13,15H2,1-5H3,(H,24,26). The van der Waals surface area contributed by atoms with Crippen molar-refractivity contribution in [3.63, 3.8) is 0 Å². The van der Waals surface area contributed by atoms with Crippen LogP contribution in [-0.2, 0) is 6.42 Å². The number of hydrogen-bond donors (Lipinski definition) is 1. The summed E-state index contributed by atoms with van der Waals surface area (Å²) in [5.74, 6) is 0.820. The summed E-state index contributed by atoms with van der Waals surface area (Å²) in [6, 6.07) is 12.2. The largest absolute Gasteiger partial charge is 0.347 e. The number of fused-ring (bicyclic) bond motifs is 1. The van der Waals surface area contributed by atoms with Crippen LogP contribution < -0.4 is 10.2 Å². The fourth-order valence-corrected chi connectivity index (χ4v) is 4.01. The molecule has 1 N–H and O–H groups in total. The van der Waals surface area contributed by atoms with E-state index >= 15 is 0 Å². The van der Waals surface area contributed by atoms with E-state index in [2.05, 4.69) is 74.1 Å². The number of carbonyl (C=O) groups is 1. The van der Waals surface area contributed by atoms with E-state index in [1.165, 1.54) is 11.3 Å². The van der Waals surface area contributed by atoms with Crippen molar-refractivity contribution in [1.82, 2.24) is 10.3 Å². The average Bonchev–Trinajstić information content (AvgIpc) is 2.96. The van der Waals surface area contributed by atoms with Crippen LogP contribution in [0.15, 0.2) is 42.6 Å². The van der Waals surface area contributed by atoms with E-state index in [0.717, 1.165) is 25.2 Å². The van der Waals surface area contributed by atoms with E-state index in [0.29, 0.717) is 5.56 Å². The van der Waals surface area contributed by atoms with Crippen molar-refractivity contribution in [2.24, 2.45) is 5.41 Å². The van der Waals surface area contributed by atoms with Gasteiger partial charge in [-0.05, 0) is 55.9 Å². The zero-order valence-corrected chi connectivity index (χ0v) is 16.5. The molecule has 1 aliphatic heterocycles. The van der Waals surface area contributed by atoms with E-state index < -0.39 is 0 Å². The van der Waals surface area contributed by atoms with Crippen LogP contribution in [0, 0.1) is 5.41 Å². The molecular weight excluding hydrogens is 322 g/mol. The molecule has 2 aromatic rings. The van der Waals surface area contributed by atoms with Crippen LogP contribution in [0.2, 0.25) is 0 Å². The molecule has 1 amide bonds. The molecule has 1 aliphatic rings. The minimum absolute atomic E-state index is 0.0693. The van der Waals surface area contributed by atoms with E-state index in [-0.39, 0.29) is 16.9 Å². The molecule has 1 aromatic heterocycles. The predicted octanol–water partition coefficient (Wildman–Crippen LogP) is 4.72. The smallest absolute Gasteiger partial charge is 0.253 e. The van der Waals surface area contributed by atoms with Gasteiger partial charge in [-0.15, -0.1) is 0 Å². The summed E-state index contributed by atoms with van der Waals surface area (Å²) < 4.78 is 0. The van der Waals surface area contributed by atoms with Gasteiger partial charge in [-0.3, -0.25) is 4.79 Å². The number of amides is 1. The molecule has 0 saturated carbocycles. The first-order valence-corrected chi connectivity index (χ1v) is 9.29. The molecule has 26 heavy (non-hydrogen) atoms. The van der Waals surface area contributed by atoms with E-state index in [4.69, 9.17) is 0 Å². The Morgan fingerprint density at radius 1 is 1.12 bits per heavy atom. The maximum atomic E-state index is 12.6. The topological polar surface area (TPSA) is 45.2 Å². The van der Waals surface area contributed by atoms with Crippen molar-refractivity contribution in [3.8, 4) is 0 Å². The average molecular weight is 351 g/mol. The Kier molecular flexibility index (Phi) is 4.78. The SMILES string of the molecule is CC(C)(C)CC(C)(C)NC(=O)c1ccc(N2CCc3ccccc32)nc1. The fourth-order valence-electron chi connectivity index (χ4n) is 4.01. The predicted molar refractivity (Wildman–Crippen MR) is 107 cm³/mol. The number of anilines is 2. The maximum absolute atomic E-state index is 12.6. The Hall–Kier alpha value is -2.36. The van der Waals surface area contributed by atoms with Gasteiger partial charge in [0.1, 0.15) is 5.82 Å². The summed E-state index contributed by atoms with van der Waals surface area (Å²) in [6.45, 7) is 11.6. The second kappa shape index (κ2) is 6.75. The highest BCUT2D eigenvalue weighted by molar-refractivity contribution is 5.94. The van der Waals surface area contributed by atoms with Crippen molar-refractivity contribution < 1.29 is 4.79 Å². The molecule has 3 rings (SSSR count). The lowest BCUT2D eigenvalue weighted by Crippen LogP contribution is -2.45. The van der Waals surface area contributed by atoms with Crippen molar-refractivity contribution in [2.45, 2.75) is 53.0 Å². The van der Waals surface area contributed by atoms with Gasteiger partial charge in [-0.2, -0.15) is 0 Å². The first-order valence-electron chi connectivity index (χ1n) is 9.29. The van der Waals surface area contributed by atoms with Crippen molar-refractivity contribution >= 4 is 17.4 Å². The van der Waals surface area contributed by atoms with Gasteiger partial charge in [0.2, 0.25) is 0 Å². The maximum Gasteiger partial charge on any atom is 0.253 e. The van der Waals surface area contributed by atoms with Gasteiger partial charge in [0.25, 0.3) is 5.91 Å². The number of hydrogen-bond acceptors (Lipinski definition) is 3. The summed E-state index contributed by atoms with van der Waals surface area (Å²) in [5, 5.41) is 3.14. The second-order valence-electron chi connectivity index (χ2n) is 9.01. The first-order chi connectivity index (χ1) is 12.1. The Morgan fingerprint density at radius 3 is 2.50 bits per heavy atom. The van der Waals surface area contributed by atoms with Gasteiger partial charge in [0, 0.05) is 24.0 Å². The highest BCUT2D eigenvalue weighted by atomic mass is 16.1. The second-order valence-corrected chi connectivity index (χ2v) is 9.01. The quantitative estimate of drug-likeness (QED) is 0.867. The third kappa shape index (κ3) is 4.24. The summed E-state index contributed by atoms with van der Waals surface area (Å²) in [7, 11) is 0. The van der Waals surface area contributed by atoms with Crippen LogP contribution >= 0.6 is 0 Å². The monoisotopic (exact) mass is 351 g/mol. The zero-order valence-electron chi connectivity index (χ0n) is 16.5. The lowest BCUT2D eigenvalue weighted by molar-refractivity contribution is 0.0891. The van der Waals surface area contributed by atoms with Crippen LogP contribution in [0.25, 0.3) is 0 Å². The number of para-hydroxylation sites is 1. The molecule has 0 saturated heterocycles. The highest BCUT2D eigenvalue weighted by Crippen LogP contribution is 2.33. The van der Waals surface area contributed by atoms with E-state index in [9.17, 15) is 4.79 Å². The summed E-state index contributed by atoms with van der Waals surface area (Å²) in [4.78, 5) is 19.4. The number of nitrogens with zero attached hydrogens (tertiary/aromatic N) is 2. The summed E-state index contributed by atoms with van der Waals surface area (Å²) >= 11 is 0. The third-order valence-electron chi connectivity index (χ3n) is 4.60. The van der Waals surface area contributed by atoms with Crippen LogP contribution in [0.1, 0.15) is 57.0 Å². The van der Waals surface area contributed by atoms with Gasteiger partial charge in [-0.25, -0.2) is 4.98 Å². The molecular formula is C22H29N3O. The van der Waals surface area contributed by atoms with Crippen LogP contribution in [-0.4, -0.2) is 23.0 Å². The fraction of sp³-hybridized carbons (Fsp3) is 0.455. The molecule has 0 aliphatic carbocycles. The van der Waals surface area contributed by atoms with Crippen molar-refractivity contribution in [3.05, 3.63) is 53.7 Å². The minimum atomic E-state index is -0.262. The Morgan fingerprint density at radius 2 is 1.85 bits per heavy atom. The molecule has 1 aromatic carbocycles. The molecule has 4 heteroatoms. The van der Waals surface area contributed by atoms with Gasteiger partial charge in [0.15, 0.2) is 0 Å². The Bertz CT molecular complexity index is 788. The van der Waals surface area contributed by atoms with Crippen LogP contribution in [0.3, 0.4) is 0 Å². The number of benzene rings is 1. The highest BCUT2D eigenvalue weighted by Gasteiger charge is 2.27. The normalized spacial score (nSPS) is 14.3. The molecule has 2 heterocycles. The Labute approximate surface area is 156 Å². The van der Waals surface area contributed by atoms with E-state index in [1.807, 2.05) is 12.1 Å². The van der Waals surface area contributed by atoms with Crippen molar-refractivity contribution in [2.75, 3.05) is 11.4 Å². The molecule has 138 valence electrons. The minimum Gasteiger partial charge on any atom is -0.347 e. The molecule has 0 fully saturated rings. The van der Waals surface area contributed by atoms with E-state index in [1.54, 1.807) is 6.20 Å². The van der Waals surface area contributed by atoms with Crippen LogP contribution in [0.4, 0.5) is 11.5 Å². The molecule has 0 bridgehead atoms. The molecule has 0 atom stereocenters. The molecule has 0 unspecified atom stereocenters. The molecule has 0 radical (unpaired) electrons. The molecule has 0 spiro atoms. The first kappa shape index (κ1) is 18.4. The third-order valence-corrected chi connectivity index (χ3v) is 4.60. The number of nitrogens with one attached hydrogen (secondary N) is 1. The lowest BCUT2D eigenvalue weighted by Gasteiger charge is -2.33. The number of pyridine rings is 1. The molecule has 4 nitrogen and oxygen atoms in total. The van der Waals surface area contributed by atoms with Gasteiger partial charge in [-0.1, -0.05) is 39.0 Å². The lowest BCUT2D eigenvalue weighted by atomic mass is 9.81. The summed E-state index contributed by atoms with van der Waals surface area (Å²) in [6.07, 6.45) is 3.61. The summed E-state index contributed by atoms with van der Waals surface area (Å²) in [5.41, 5.74) is 3.05. The van der Waals surface area contributed by atoms with Crippen LogP contribution in [0.5, 0.6) is 0 Å². The Balaban J connectivity index is 1.71. The number of aromatic nitrogens is 1. The number of carbonyl (C=O) groups excluding carboxylic acids is 1. The number of rotatable bonds is 4.